The quantitative estimate of drug-likeness (QED) is 0.913. The van der Waals surface area contributed by atoms with E-state index < -0.39 is 10.0 Å². The Morgan fingerprint density at radius 1 is 1.43 bits per heavy atom. The van der Waals surface area contributed by atoms with Gasteiger partial charge in [-0.1, -0.05) is 18.2 Å². The molecule has 1 aliphatic heterocycles. The summed E-state index contributed by atoms with van der Waals surface area (Å²) in [6.07, 6.45) is 3.75. The molecule has 2 aromatic rings. The summed E-state index contributed by atoms with van der Waals surface area (Å²) < 4.78 is 34.1. The van der Waals surface area contributed by atoms with Gasteiger partial charge in [-0.25, -0.2) is 18.1 Å². The Balaban J connectivity index is 1.64. The highest BCUT2D eigenvalue weighted by molar-refractivity contribution is 7.89. The topological polar surface area (TPSA) is 73.2 Å². The molecule has 1 aromatic heterocycles. The number of para-hydroxylation sites is 1. The van der Waals surface area contributed by atoms with E-state index in [1.54, 1.807) is 11.6 Å². The number of imidazole rings is 1. The van der Waals surface area contributed by atoms with E-state index in [0.29, 0.717) is 13.2 Å². The molecule has 0 amide bonds. The van der Waals surface area contributed by atoms with E-state index in [4.69, 9.17) is 4.74 Å². The monoisotopic (exact) mass is 307 g/mol. The van der Waals surface area contributed by atoms with Crippen LogP contribution in [-0.4, -0.2) is 31.1 Å². The number of ether oxygens (including phenoxy) is 1. The van der Waals surface area contributed by atoms with Gasteiger partial charge in [0.05, 0.1) is 12.9 Å². The molecule has 21 heavy (non-hydrogen) atoms. The van der Waals surface area contributed by atoms with Crippen LogP contribution in [0.15, 0.2) is 41.8 Å². The Morgan fingerprint density at radius 2 is 2.24 bits per heavy atom. The maximum atomic E-state index is 12.1. The normalized spacial score (nSPS) is 18.0. The number of nitrogens with one attached hydrogen (secondary N) is 1. The molecule has 0 saturated carbocycles. The van der Waals surface area contributed by atoms with Crippen molar-refractivity contribution in [2.24, 2.45) is 13.0 Å². The van der Waals surface area contributed by atoms with E-state index in [1.165, 1.54) is 12.5 Å². The van der Waals surface area contributed by atoms with Gasteiger partial charge in [-0.3, -0.25) is 0 Å². The van der Waals surface area contributed by atoms with Crippen LogP contribution in [0, 0.1) is 5.92 Å². The molecule has 1 aromatic carbocycles. The standard InChI is InChI=1S/C14H17N3O3S/c1-17-8-14(15-10-17)21(18,19)16-7-11-6-12-4-2-3-5-13(12)20-9-11/h2-5,8,10-11,16H,6-7,9H2,1H3/t11-/m1/s1. The molecule has 7 heteroatoms. The number of nitrogens with zero attached hydrogens (tertiary/aromatic N) is 2. The molecular formula is C14H17N3O3S. The lowest BCUT2D eigenvalue weighted by Gasteiger charge is -2.25. The van der Waals surface area contributed by atoms with Crippen LogP contribution < -0.4 is 9.46 Å². The molecule has 1 aliphatic rings. The van der Waals surface area contributed by atoms with Gasteiger partial charge < -0.3 is 9.30 Å². The zero-order valence-electron chi connectivity index (χ0n) is 11.7. The summed E-state index contributed by atoms with van der Waals surface area (Å²) >= 11 is 0. The Morgan fingerprint density at radius 3 is 3.00 bits per heavy atom. The van der Waals surface area contributed by atoms with Crippen LogP contribution in [0.25, 0.3) is 0 Å². The van der Waals surface area contributed by atoms with Crippen LogP contribution in [-0.2, 0) is 23.5 Å². The Bertz CT molecular complexity index is 739. The van der Waals surface area contributed by atoms with E-state index in [-0.39, 0.29) is 10.9 Å². The summed E-state index contributed by atoms with van der Waals surface area (Å²) in [5.41, 5.74) is 1.12. The van der Waals surface area contributed by atoms with Gasteiger partial charge in [0.1, 0.15) is 5.75 Å². The van der Waals surface area contributed by atoms with Crippen molar-refractivity contribution in [2.75, 3.05) is 13.2 Å². The molecule has 0 spiro atoms. The van der Waals surface area contributed by atoms with E-state index >= 15 is 0 Å². The van der Waals surface area contributed by atoms with Crippen LogP contribution in [0.4, 0.5) is 0 Å². The van der Waals surface area contributed by atoms with Crippen molar-refractivity contribution in [3.63, 3.8) is 0 Å². The molecule has 0 saturated heterocycles. The molecule has 0 fully saturated rings. The number of aryl methyl sites for hydroxylation is 1. The number of benzene rings is 1. The van der Waals surface area contributed by atoms with Crippen molar-refractivity contribution >= 4 is 10.0 Å². The van der Waals surface area contributed by atoms with Crippen molar-refractivity contribution in [3.8, 4) is 5.75 Å². The molecule has 3 rings (SSSR count). The van der Waals surface area contributed by atoms with Gasteiger partial charge in [-0.05, 0) is 18.1 Å². The highest BCUT2D eigenvalue weighted by Crippen LogP contribution is 2.26. The third-order valence-electron chi connectivity index (χ3n) is 3.47. The molecule has 1 N–H and O–H groups in total. The minimum atomic E-state index is -3.55. The summed E-state index contributed by atoms with van der Waals surface area (Å²) in [5.74, 6) is 1.01. The predicted molar refractivity (Wildman–Crippen MR) is 77.5 cm³/mol. The van der Waals surface area contributed by atoms with Gasteiger partial charge in [0.15, 0.2) is 5.03 Å². The summed E-state index contributed by atoms with van der Waals surface area (Å²) in [6.45, 7) is 0.856. The van der Waals surface area contributed by atoms with Gasteiger partial charge >= 0.3 is 0 Å². The maximum Gasteiger partial charge on any atom is 0.259 e. The second-order valence-electron chi connectivity index (χ2n) is 5.22. The molecular weight excluding hydrogens is 290 g/mol. The van der Waals surface area contributed by atoms with E-state index in [9.17, 15) is 8.42 Å². The molecule has 0 unspecified atom stereocenters. The Kier molecular flexibility index (Phi) is 3.69. The molecule has 1 atom stereocenters. The molecule has 2 heterocycles. The summed E-state index contributed by atoms with van der Waals surface area (Å²) in [6, 6.07) is 7.84. The fourth-order valence-corrected chi connectivity index (χ4v) is 3.44. The van der Waals surface area contributed by atoms with Crippen molar-refractivity contribution in [3.05, 3.63) is 42.4 Å². The average Bonchev–Trinajstić information content (AvgIpc) is 2.92. The lowest BCUT2D eigenvalue weighted by molar-refractivity contribution is 0.223. The number of rotatable bonds is 4. The van der Waals surface area contributed by atoms with Gasteiger partial charge in [0.25, 0.3) is 10.0 Å². The third-order valence-corrected chi connectivity index (χ3v) is 4.78. The molecule has 0 bridgehead atoms. The zero-order valence-corrected chi connectivity index (χ0v) is 12.5. The number of hydrogen-bond acceptors (Lipinski definition) is 4. The van der Waals surface area contributed by atoms with Gasteiger partial charge in [-0.15, -0.1) is 0 Å². The van der Waals surface area contributed by atoms with Gasteiger partial charge in [0.2, 0.25) is 0 Å². The third kappa shape index (κ3) is 3.08. The van der Waals surface area contributed by atoms with Crippen molar-refractivity contribution in [1.82, 2.24) is 14.3 Å². The predicted octanol–water partition coefficient (Wildman–Crippen LogP) is 0.950. The van der Waals surface area contributed by atoms with Crippen LogP contribution in [0.3, 0.4) is 0 Å². The zero-order chi connectivity index (χ0) is 14.9. The Hall–Kier alpha value is -1.86. The van der Waals surface area contributed by atoms with Crippen LogP contribution in [0.1, 0.15) is 5.56 Å². The second kappa shape index (κ2) is 5.50. The summed E-state index contributed by atoms with van der Waals surface area (Å²) in [4.78, 5) is 3.87. The largest absolute Gasteiger partial charge is 0.493 e. The fourth-order valence-electron chi connectivity index (χ4n) is 2.35. The lowest BCUT2D eigenvalue weighted by Crippen LogP contribution is -2.34. The van der Waals surface area contributed by atoms with E-state index in [2.05, 4.69) is 9.71 Å². The van der Waals surface area contributed by atoms with Crippen molar-refractivity contribution < 1.29 is 13.2 Å². The first-order valence-electron chi connectivity index (χ1n) is 6.73. The first-order chi connectivity index (χ1) is 10.0. The average molecular weight is 307 g/mol. The number of aromatic nitrogens is 2. The van der Waals surface area contributed by atoms with E-state index in [1.807, 2.05) is 24.3 Å². The summed E-state index contributed by atoms with van der Waals surface area (Å²) in [5, 5.41) is 0.0436. The van der Waals surface area contributed by atoms with Crippen molar-refractivity contribution in [1.29, 1.82) is 0 Å². The number of fused-ring (bicyclic) bond motifs is 1. The maximum absolute atomic E-state index is 12.1. The van der Waals surface area contributed by atoms with Crippen LogP contribution in [0.5, 0.6) is 5.75 Å². The molecule has 0 aliphatic carbocycles. The minimum absolute atomic E-state index is 0.0436. The highest BCUT2D eigenvalue weighted by Gasteiger charge is 2.23. The number of sulfonamides is 1. The minimum Gasteiger partial charge on any atom is -0.493 e. The van der Waals surface area contributed by atoms with Crippen LogP contribution >= 0.6 is 0 Å². The first-order valence-corrected chi connectivity index (χ1v) is 8.21. The molecule has 6 nitrogen and oxygen atoms in total. The smallest absolute Gasteiger partial charge is 0.259 e. The number of hydrogen-bond donors (Lipinski definition) is 1. The lowest BCUT2D eigenvalue weighted by atomic mass is 9.97. The van der Waals surface area contributed by atoms with Gasteiger partial charge in [-0.2, -0.15) is 0 Å². The first kappa shape index (κ1) is 14.1. The highest BCUT2D eigenvalue weighted by atomic mass is 32.2. The summed E-state index contributed by atoms with van der Waals surface area (Å²) in [7, 11) is -1.82. The van der Waals surface area contributed by atoms with Gasteiger partial charge in [0, 0.05) is 25.7 Å². The Labute approximate surface area is 123 Å². The fraction of sp³-hybridized carbons (Fsp3) is 0.357. The van der Waals surface area contributed by atoms with E-state index in [0.717, 1.165) is 17.7 Å². The van der Waals surface area contributed by atoms with Crippen molar-refractivity contribution in [2.45, 2.75) is 11.4 Å². The van der Waals surface area contributed by atoms with Crippen LogP contribution in [0.2, 0.25) is 0 Å². The SMILES string of the molecule is Cn1cnc(S(=O)(=O)NC[C@@H]2COc3ccccc3C2)c1. The molecule has 112 valence electrons. The molecule has 0 radical (unpaired) electrons. The second-order valence-corrected chi connectivity index (χ2v) is 6.93.